The molecule has 24 heavy (non-hydrogen) atoms. The highest BCUT2D eigenvalue weighted by molar-refractivity contribution is 5.57. The van der Waals surface area contributed by atoms with Crippen molar-refractivity contribution in [3.8, 4) is 11.9 Å². The van der Waals surface area contributed by atoms with Crippen molar-refractivity contribution in [3.63, 3.8) is 0 Å². The highest BCUT2D eigenvalue weighted by Crippen LogP contribution is 2.27. The van der Waals surface area contributed by atoms with Gasteiger partial charge in [-0.3, -0.25) is 9.36 Å². The lowest BCUT2D eigenvalue weighted by Gasteiger charge is -2.11. The highest BCUT2D eigenvalue weighted by Gasteiger charge is 2.18. The third kappa shape index (κ3) is 3.19. The smallest absolute Gasteiger partial charge is 0.281 e. The maximum atomic E-state index is 12.5. The van der Waals surface area contributed by atoms with Crippen molar-refractivity contribution in [1.29, 1.82) is 5.26 Å². The van der Waals surface area contributed by atoms with Crippen LogP contribution < -0.4 is 5.56 Å². The van der Waals surface area contributed by atoms with Crippen LogP contribution in [0.1, 0.15) is 22.3 Å². The van der Waals surface area contributed by atoms with E-state index in [2.05, 4.69) is 10.2 Å². The molecule has 1 heterocycles. The molecule has 0 saturated carbocycles. The van der Waals surface area contributed by atoms with E-state index in [4.69, 9.17) is 5.11 Å². The second-order valence-electron chi connectivity index (χ2n) is 5.45. The number of benzene rings is 1. The number of aromatic nitrogens is 1. The van der Waals surface area contributed by atoms with Crippen LogP contribution in [0.5, 0.6) is 5.88 Å². The number of aliphatic hydroxyl groups is 1. The van der Waals surface area contributed by atoms with E-state index in [1.165, 1.54) is 6.92 Å². The quantitative estimate of drug-likeness (QED) is 0.841. The number of azo groups is 1. The third-order valence-corrected chi connectivity index (χ3v) is 3.71. The average molecular weight is 326 g/mol. The molecule has 0 aliphatic rings. The summed E-state index contributed by atoms with van der Waals surface area (Å²) in [5.74, 6) is -0.472. The van der Waals surface area contributed by atoms with Gasteiger partial charge in [0.1, 0.15) is 11.6 Å². The Morgan fingerprint density at radius 1 is 1.25 bits per heavy atom. The van der Waals surface area contributed by atoms with Crippen molar-refractivity contribution in [2.75, 3.05) is 6.61 Å². The summed E-state index contributed by atoms with van der Waals surface area (Å²) >= 11 is 0. The van der Waals surface area contributed by atoms with Crippen molar-refractivity contribution < 1.29 is 10.2 Å². The van der Waals surface area contributed by atoms with Gasteiger partial charge in [-0.2, -0.15) is 10.4 Å². The predicted molar refractivity (Wildman–Crippen MR) is 89.0 cm³/mol. The van der Waals surface area contributed by atoms with E-state index in [-0.39, 0.29) is 30.0 Å². The zero-order valence-electron chi connectivity index (χ0n) is 13.7. The Morgan fingerprint density at radius 2 is 1.96 bits per heavy atom. The van der Waals surface area contributed by atoms with Gasteiger partial charge in [0.25, 0.3) is 5.56 Å². The predicted octanol–water partition coefficient (Wildman–Crippen LogP) is 2.76. The molecule has 7 nitrogen and oxygen atoms in total. The van der Waals surface area contributed by atoms with Crippen LogP contribution in [0.4, 0.5) is 11.4 Å². The first-order chi connectivity index (χ1) is 11.4. The van der Waals surface area contributed by atoms with Crippen molar-refractivity contribution in [1.82, 2.24) is 4.57 Å². The molecular weight excluding hydrogens is 308 g/mol. The summed E-state index contributed by atoms with van der Waals surface area (Å²) in [7, 11) is 0. The Bertz CT molecular complexity index is 908. The zero-order chi connectivity index (χ0) is 17.9. The molecule has 0 radical (unpaired) electrons. The Balaban J connectivity index is 2.64. The molecule has 0 aliphatic carbocycles. The Kier molecular flexibility index (Phi) is 5.11. The number of aromatic hydroxyl groups is 1. The largest absolute Gasteiger partial charge is 0.493 e. The lowest BCUT2D eigenvalue weighted by atomic mass is 10.1. The third-order valence-electron chi connectivity index (χ3n) is 3.71. The van der Waals surface area contributed by atoms with Crippen LogP contribution in [0.3, 0.4) is 0 Å². The summed E-state index contributed by atoms with van der Waals surface area (Å²) < 4.78 is 0.920. The topological polar surface area (TPSA) is 111 Å². The van der Waals surface area contributed by atoms with Gasteiger partial charge in [0, 0.05) is 5.56 Å². The minimum atomic E-state index is -0.605. The number of pyridine rings is 1. The summed E-state index contributed by atoms with van der Waals surface area (Å²) in [5.41, 5.74) is 2.09. The maximum Gasteiger partial charge on any atom is 0.281 e. The molecule has 1 aromatic carbocycles. The summed E-state index contributed by atoms with van der Waals surface area (Å²) in [6.07, 6.45) is 0. The normalized spacial score (nSPS) is 11.0. The van der Waals surface area contributed by atoms with E-state index in [9.17, 15) is 15.2 Å². The van der Waals surface area contributed by atoms with Gasteiger partial charge in [-0.15, -0.1) is 5.11 Å². The average Bonchev–Trinajstić information content (AvgIpc) is 2.55. The molecule has 2 rings (SSSR count). The summed E-state index contributed by atoms with van der Waals surface area (Å²) in [6, 6.07) is 7.54. The minimum Gasteiger partial charge on any atom is -0.493 e. The molecule has 124 valence electrons. The van der Waals surface area contributed by atoms with E-state index >= 15 is 0 Å². The van der Waals surface area contributed by atoms with Crippen LogP contribution in [0.2, 0.25) is 0 Å². The molecule has 7 heteroatoms. The molecule has 0 spiro atoms. The number of aliphatic hydroxyl groups excluding tert-OH is 1. The molecule has 0 atom stereocenters. The summed E-state index contributed by atoms with van der Waals surface area (Å²) in [4.78, 5) is 12.5. The summed E-state index contributed by atoms with van der Waals surface area (Å²) in [5, 5.41) is 36.4. The molecule has 0 amide bonds. The van der Waals surface area contributed by atoms with Crippen LogP contribution in [0, 0.1) is 32.1 Å². The minimum absolute atomic E-state index is 0.0290. The van der Waals surface area contributed by atoms with Gasteiger partial charge in [-0.1, -0.05) is 12.1 Å². The number of nitrogens with zero attached hydrogens (tertiary/aromatic N) is 4. The number of nitriles is 1. The van der Waals surface area contributed by atoms with Gasteiger partial charge in [0.05, 0.1) is 18.8 Å². The molecule has 0 saturated heterocycles. The van der Waals surface area contributed by atoms with Gasteiger partial charge >= 0.3 is 0 Å². The lowest BCUT2D eigenvalue weighted by molar-refractivity contribution is 0.263. The van der Waals surface area contributed by atoms with Crippen LogP contribution in [-0.2, 0) is 6.54 Å². The Hall–Kier alpha value is -2.98. The maximum absolute atomic E-state index is 12.5. The highest BCUT2D eigenvalue weighted by atomic mass is 16.3. The van der Waals surface area contributed by atoms with E-state index in [1.807, 2.05) is 38.1 Å². The fraction of sp³-hybridized carbons (Fsp3) is 0.294. The first-order valence-corrected chi connectivity index (χ1v) is 7.37. The monoisotopic (exact) mass is 326 g/mol. The van der Waals surface area contributed by atoms with Crippen LogP contribution in [0.25, 0.3) is 0 Å². The van der Waals surface area contributed by atoms with Crippen LogP contribution in [0.15, 0.2) is 33.2 Å². The molecule has 0 aliphatic heterocycles. The van der Waals surface area contributed by atoms with E-state index in [0.717, 1.165) is 15.7 Å². The first kappa shape index (κ1) is 17.4. The zero-order valence-corrected chi connectivity index (χ0v) is 13.7. The fourth-order valence-corrected chi connectivity index (χ4v) is 2.30. The number of aryl methyl sites for hydroxylation is 2. The van der Waals surface area contributed by atoms with Crippen LogP contribution >= 0.6 is 0 Å². The molecule has 0 fully saturated rings. The SMILES string of the molecule is Cc1ccc(C)c(N=Nc2c(C)c(C#N)c(O)n(CCO)c2=O)c1. The van der Waals surface area contributed by atoms with E-state index < -0.39 is 11.4 Å². The molecule has 2 aromatic rings. The van der Waals surface area contributed by atoms with Crippen LogP contribution in [-0.4, -0.2) is 21.4 Å². The van der Waals surface area contributed by atoms with Crippen molar-refractivity contribution in [2.45, 2.75) is 27.3 Å². The van der Waals surface area contributed by atoms with Gasteiger partial charge in [0.2, 0.25) is 5.88 Å². The van der Waals surface area contributed by atoms with Crippen molar-refractivity contribution >= 4 is 11.4 Å². The molecular formula is C17H18N4O3. The molecule has 2 N–H and O–H groups in total. The second kappa shape index (κ2) is 7.06. The second-order valence-corrected chi connectivity index (χ2v) is 5.45. The van der Waals surface area contributed by atoms with Gasteiger partial charge in [-0.05, 0) is 38.0 Å². The lowest BCUT2D eigenvalue weighted by Crippen LogP contribution is -2.23. The Morgan fingerprint density at radius 3 is 2.58 bits per heavy atom. The van der Waals surface area contributed by atoms with E-state index in [0.29, 0.717) is 5.69 Å². The first-order valence-electron chi connectivity index (χ1n) is 7.37. The molecule has 0 unspecified atom stereocenters. The number of rotatable bonds is 4. The van der Waals surface area contributed by atoms with Gasteiger partial charge in [-0.25, -0.2) is 0 Å². The molecule has 1 aromatic heterocycles. The fourth-order valence-electron chi connectivity index (χ4n) is 2.30. The number of hydrogen-bond acceptors (Lipinski definition) is 6. The summed E-state index contributed by atoms with van der Waals surface area (Å²) in [6.45, 7) is 4.84. The Labute approximate surface area is 139 Å². The van der Waals surface area contributed by atoms with Crippen molar-refractivity contribution in [2.24, 2.45) is 10.2 Å². The van der Waals surface area contributed by atoms with Crippen molar-refractivity contribution in [3.05, 3.63) is 50.8 Å². The van der Waals surface area contributed by atoms with Gasteiger partial charge in [0.15, 0.2) is 5.69 Å². The van der Waals surface area contributed by atoms with Gasteiger partial charge < -0.3 is 10.2 Å². The molecule has 0 bridgehead atoms. The van der Waals surface area contributed by atoms with E-state index in [1.54, 1.807) is 0 Å². The number of hydrogen-bond donors (Lipinski definition) is 2. The standard InChI is InChI=1S/C17H18N4O3/c1-10-4-5-11(2)14(8-10)19-20-15-12(3)13(9-18)16(23)21(6-7-22)17(15)24/h4-5,8,22-23H,6-7H2,1-3H3.